The number of para-hydroxylation sites is 1. The fourth-order valence-electron chi connectivity index (χ4n) is 2.76. The molecule has 3 rings (SSSR count). The highest BCUT2D eigenvalue weighted by Crippen LogP contribution is 2.23. The van der Waals surface area contributed by atoms with E-state index in [0.717, 1.165) is 15.6 Å². The van der Waals surface area contributed by atoms with Crippen molar-refractivity contribution in [1.82, 2.24) is 0 Å². The van der Waals surface area contributed by atoms with Gasteiger partial charge in [0.2, 0.25) is 0 Å². The van der Waals surface area contributed by atoms with E-state index in [-0.39, 0.29) is 5.57 Å². The van der Waals surface area contributed by atoms with Gasteiger partial charge in [0.1, 0.15) is 24.0 Å². The minimum atomic E-state index is -0.473. The third-order valence-electron chi connectivity index (χ3n) is 4.14. The van der Waals surface area contributed by atoms with Crippen LogP contribution in [0.5, 0.6) is 5.75 Å². The highest BCUT2D eigenvalue weighted by atomic mass is 79.9. The Morgan fingerprint density at radius 1 is 1.10 bits per heavy atom. The Morgan fingerprint density at radius 3 is 2.66 bits per heavy atom. The van der Waals surface area contributed by atoms with E-state index < -0.39 is 5.91 Å². The molecule has 0 atom stereocenters. The van der Waals surface area contributed by atoms with Crippen molar-refractivity contribution in [3.8, 4) is 11.8 Å². The van der Waals surface area contributed by atoms with Crippen molar-refractivity contribution in [2.75, 3.05) is 5.32 Å². The number of amides is 1. The monoisotopic (exact) mass is 446 g/mol. The maximum atomic E-state index is 12.5. The molecule has 0 saturated carbocycles. The van der Waals surface area contributed by atoms with Gasteiger partial charge in [0.25, 0.3) is 5.91 Å². The molecule has 144 valence electrons. The molecule has 29 heavy (non-hydrogen) atoms. The molecule has 0 heterocycles. The molecule has 3 aromatic carbocycles. The Labute approximate surface area is 178 Å². The van der Waals surface area contributed by atoms with Crippen LogP contribution in [0.2, 0.25) is 0 Å². The Balaban J connectivity index is 1.78. The summed E-state index contributed by atoms with van der Waals surface area (Å²) in [6.07, 6.45) is 1.54. The van der Waals surface area contributed by atoms with Gasteiger partial charge in [-0.05, 0) is 42.8 Å². The average Bonchev–Trinajstić information content (AvgIpc) is 2.71. The fourth-order valence-corrected chi connectivity index (χ4v) is 3.16. The molecule has 0 aliphatic carbocycles. The van der Waals surface area contributed by atoms with Crippen LogP contribution in [-0.2, 0) is 11.4 Å². The summed E-state index contributed by atoms with van der Waals surface area (Å²) < 4.78 is 6.79. The maximum Gasteiger partial charge on any atom is 0.266 e. The van der Waals surface area contributed by atoms with Crippen LogP contribution in [0.4, 0.5) is 5.69 Å². The highest BCUT2D eigenvalue weighted by Gasteiger charge is 2.11. The first-order valence-corrected chi connectivity index (χ1v) is 9.80. The van der Waals surface area contributed by atoms with Gasteiger partial charge in [0.15, 0.2) is 0 Å². The molecule has 1 amide bonds. The number of anilines is 1. The van der Waals surface area contributed by atoms with Crippen molar-refractivity contribution < 1.29 is 9.53 Å². The van der Waals surface area contributed by atoms with Crippen LogP contribution in [0, 0.1) is 18.3 Å². The number of carbonyl (C=O) groups excluding carboxylic acids is 1. The van der Waals surface area contributed by atoms with E-state index in [4.69, 9.17) is 4.74 Å². The summed E-state index contributed by atoms with van der Waals surface area (Å²) in [5.41, 5.74) is 3.49. The van der Waals surface area contributed by atoms with Crippen molar-refractivity contribution in [2.45, 2.75) is 13.5 Å². The Hall–Kier alpha value is -3.36. The molecule has 1 N–H and O–H groups in total. The zero-order valence-corrected chi connectivity index (χ0v) is 17.4. The highest BCUT2D eigenvalue weighted by molar-refractivity contribution is 9.10. The van der Waals surface area contributed by atoms with Crippen molar-refractivity contribution in [2.24, 2.45) is 0 Å². The first-order valence-electron chi connectivity index (χ1n) is 9.01. The molecule has 0 bridgehead atoms. The summed E-state index contributed by atoms with van der Waals surface area (Å²) in [4.78, 5) is 12.5. The molecule has 0 aromatic heterocycles. The Morgan fingerprint density at radius 2 is 1.90 bits per heavy atom. The predicted octanol–water partition coefficient (Wildman–Crippen LogP) is 5.88. The van der Waals surface area contributed by atoms with Crippen LogP contribution in [0.15, 0.2) is 82.8 Å². The van der Waals surface area contributed by atoms with Gasteiger partial charge in [-0.25, -0.2) is 0 Å². The molecule has 0 aliphatic rings. The number of ether oxygens (including phenoxy) is 1. The van der Waals surface area contributed by atoms with Gasteiger partial charge in [0, 0.05) is 15.7 Å². The predicted molar refractivity (Wildman–Crippen MR) is 118 cm³/mol. The molecule has 0 aliphatic heterocycles. The quantitative estimate of drug-likeness (QED) is 0.379. The number of rotatable bonds is 6. The van der Waals surface area contributed by atoms with Gasteiger partial charge >= 0.3 is 0 Å². The van der Waals surface area contributed by atoms with Crippen LogP contribution in [0.3, 0.4) is 0 Å². The zero-order valence-electron chi connectivity index (χ0n) is 15.9. The third-order valence-corrected chi connectivity index (χ3v) is 4.64. The molecular weight excluding hydrogens is 428 g/mol. The summed E-state index contributed by atoms with van der Waals surface area (Å²) in [5, 5.41) is 12.2. The second-order valence-electron chi connectivity index (χ2n) is 6.45. The average molecular weight is 447 g/mol. The largest absolute Gasteiger partial charge is 0.488 e. The lowest BCUT2D eigenvalue weighted by Crippen LogP contribution is -2.13. The van der Waals surface area contributed by atoms with Gasteiger partial charge in [0.05, 0.1) is 0 Å². The van der Waals surface area contributed by atoms with Gasteiger partial charge < -0.3 is 10.1 Å². The lowest BCUT2D eigenvalue weighted by atomic mass is 10.1. The number of nitrogens with zero attached hydrogens (tertiary/aromatic N) is 1. The minimum Gasteiger partial charge on any atom is -0.488 e. The lowest BCUT2D eigenvalue weighted by Gasteiger charge is -2.10. The minimum absolute atomic E-state index is 0.00317. The van der Waals surface area contributed by atoms with Gasteiger partial charge in [-0.2, -0.15) is 5.26 Å². The number of nitrogens with one attached hydrogen (secondary N) is 1. The summed E-state index contributed by atoms with van der Waals surface area (Å²) in [6.45, 7) is 2.43. The summed E-state index contributed by atoms with van der Waals surface area (Å²) in [6, 6.07) is 24.6. The van der Waals surface area contributed by atoms with Crippen molar-refractivity contribution in [1.29, 1.82) is 5.26 Å². The summed E-state index contributed by atoms with van der Waals surface area (Å²) in [5.74, 6) is 0.135. The molecule has 0 fully saturated rings. The number of benzene rings is 3. The van der Waals surface area contributed by atoms with Crippen molar-refractivity contribution in [3.05, 3.63) is 99.5 Å². The second-order valence-corrected chi connectivity index (χ2v) is 7.37. The normalized spacial score (nSPS) is 10.9. The Kier molecular flexibility index (Phi) is 6.83. The number of halogens is 1. The number of hydrogen-bond acceptors (Lipinski definition) is 3. The molecule has 0 spiro atoms. The molecule has 0 saturated heterocycles. The molecule has 0 radical (unpaired) electrons. The van der Waals surface area contributed by atoms with E-state index >= 15 is 0 Å². The number of carbonyl (C=O) groups is 1. The first kappa shape index (κ1) is 20.4. The topological polar surface area (TPSA) is 62.1 Å². The van der Waals surface area contributed by atoms with Crippen molar-refractivity contribution >= 4 is 33.6 Å². The Bertz CT molecular complexity index is 1100. The molecular formula is C24H19BrN2O2. The summed E-state index contributed by atoms with van der Waals surface area (Å²) in [7, 11) is 0. The van der Waals surface area contributed by atoms with E-state index in [1.165, 1.54) is 0 Å². The molecule has 4 nitrogen and oxygen atoms in total. The SMILES string of the molecule is Cc1cccc(COc2ccccc2/C=C(/C#N)C(=O)Nc2cccc(Br)c2)c1. The van der Waals surface area contributed by atoms with Crippen LogP contribution < -0.4 is 10.1 Å². The number of nitriles is 1. The first-order chi connectivity index (χ1) is 14.0. The van der Waals surface area contributed by atoms with Crippen LogP contribution >= 0.6 is 15.9 Å². The number of aryl methyl sites for hydroxylation is 1. The van der Waals surface area contributed by atoms with Crippen molar-refractivity contribution in [3.63, 3.8) is 0 Å². The van der Waals surface area contributed by atoms with Crippen LogP contribution in [-0.4, -0.2) is 5.91 Å². The zero-order chi connectivity index (χ0) is 20.6. The van der Waals surface area contributed by atoms with Gasteiger partial charge in [-0.15, -0.1) is 0 Å². The lowest BCUT2D eigenvalue weighted by molar-refractivity contribution is -0.112. The van der Waals surface area contributed by atoms with Crippen LogP contribution in [0.25, 0.3) is 6.08 Å². The standard InChI is InChI=1S/C24H19BrN2O2/c1-17-6-4-7-18(12-17)16-29-23-11-3-2-8-19(23)13-20(15-26)24(28)27-22-10-5-9-21(25)14-22/h2-14H,16H2,1H3,(H,27,28)/b20-13-. The number of hydrogen-bond donors (Lipinski definition) is 1. The fraction of sp³-hybridized carbons (Fsp3) is 0.0833. The maximum absolute atomic E-state index is 12.5. The van der Waals surface area contributed by atoms with E-state index in [1.807, 2.05) is 67.6 Å². The van der Waals surface area contributed by atoms with Gasteiger partial charge in [-0.3, -0.25) is 4.79 Å². The third kappa shape index (κ3) is 5.81. The molecule has 0 unspecified atom stereocenters. The smallest absolute Gasteiger partial charge is 0.266 e. The summed E-state index contributed by atoms with van der Waals surface area (Å²) >= 11 is 3.36. The molecule has 3 aromatic rings. The van der Waals surface area contributed by atoms with E-state index in [1.54, 1.807) is 18.2 Å². The second kappa shape index (κ2) is 9.72. The molecule has 5 heteroatoms. The van der Waals surface area contributed by atoms with E-state index in [0.29, 0.717) is 23.6 Å². The van der Waals surface area contributed by atoms with E-state index in [9.17, 15) is 10.1 Å². The van der Waals surface area contributed by atoms with E-state index in [2.05, 4.69) is 27.3 Å². The van der Waals surface area contributed by atoms with Crippen LogP contribution in [0.1, 0.15) is 16.7 Å². The van der Waals surface area contributed by atoms with Gasteiger partial charge in [-0.1, -0.05) is 70.0 Å².